The van der Waals surface area contributed by atoms with E-state index in [0.29, 0.717) is 0 Å². The fourth-order valence-electron chi connectivity index (χ4n) is 3.22. The van der Waals surface area contributed by atoms with Crippen LogP contribution in [0.2, 0.25) is 0 Å². The minimum absolute atomic E-state index is 0.882. The van der Waals surface area contributed by atoms with Gasteiger partial charge in [-0.15, -0.1) is 0 Å². The first kappa shape index (κ1) is 13.8. The van der Waals surface area contributed by atoms with E-state index in [1.165, 1.54) is 28.1 Å². The molecule has 0 spiro atoms. The van der Waals surface area contributed by atoms with Gasteiger partial charge in [-0.1, -0.05) is 60.7 Å². The zero-order valence-corrected chi connectivity index (χ0v) is 13.2. The predicted octanol–water partition coefficient (Wildman–Crippen LogP) is 4.27. The van der Waals surface area contributed by atoms with Crippen LogP contribution in [0.15, 0.2) is 84.9 Å². The summed E-state index contributed by atoms with van der Waals surface area (Å²) in [7, 11) is 0. The standard InChI is InChI=1S/C21H19N2/c1-17-22(16-18-10-4-2-5-11-18)20-14-8-9-15-21(20)23(17)19-12-6-3-7-13-19/h2-15H,16H2,1H3/q+1. The molecule has 0 bridgehead atoms. The van der Waals surface area contributed by atoms with Crippen molar-refractivity contribution in [3.8, 4) is 5.69 Å². The molecule has 4 aromatic rings. The van der Waals surface area contributed by atoms with Gasteiger partial charge in [0.05, 0.1) is 0 Å². The first-order chi connectivity index (χ1) is 11.3. The first-order valence-corrected chi connectivity index (χ1v) is 7.94. The third-order valence-corrected chi connectivity index (χ3v) is 4.33. The smallest absolute Gasteiger partial charge is 0.223 e. The summed E-state index contributed by atoms with van der Waals surface area (Å²) in [5.74, 6) is 1.24. The highest BCUT2D eigenvalue weighted by Crippen LogP contribution is 2.20. The summed E-state index contributed by atoms with van der Waals surface area (Å²) < 4.78 is 4.72. The maximum absolute atomic E-state index is 2.39. The quantitative estimate of drug-likeness (QED) is 0.499. The van der Waals surface area contributed by atoms with Gasteiger partial charge in [0.25, 0.3) is 5.82 Å². The van der Waals surface area contributed by atoms with Gasteiger partial charge >= 0.3 is 0 Å². The van der Waals surface area contributed by atoms with Gasteiger partial charge in [0, 0.05) is 6.92 Å². The van der Waals surface area contributed by atoms with Gasteiger partial charge in [-0.25, -0.2) is 4.57 Å². The van der Waals surface area contributed by atoms with Crippen LogP contribution in [-0.4, -0.2) is 4.57 Å². The summed E-state index contributed by atoms with van der Waals surface area (Å²) in [6.45, 7) is 3.07. The number of aromatic nitrogens is 2. The van der Waals surface area contributed by atoms with Crippen LogP contribution in [0.5, 0.6) is 0 Å². The topological polar surface area (TPSA) is 8.81 Å². The first-order valence-electron chi connectivity index (χ1n) is 7.94. The molecule has 112 valence electrons. The highest BCUT2D eigenvalue weighted by molar-refractivity contribution is 5.74. The van der Waals surface area contributed by atoms with Gasteiger partial charge in [-0.2, -0.15) is 4.57 Å². The number of hydrogen-bond acceptors (Lipinski definition) is 0. The summed E-state index contributed by atoms with van der Waals surface area (Å²) in [6, 6.07) is 29.8. The Morgan fingerprint density at radius 2 is 1.35 bits per heavy atom. The van der Waals surface area contributed by atoms with Gasteiger partial charge in [-0.05, 0) is 29.8 Å². The van der Waals surface area contributed by atoms with Crippen molar-refractivity contribution >= 4 is 11.0 Å². The molecule has 2 nitrogen and oxygen atoms in total. The van der Waals surface area contributed by atoms with E-state index in [0.717, 1.165) is 6.54 Å². The van der Waals surface area contributed by atoms with Crippen molar-refractivity contribution in [2.75, 3.05) is 0 Å². The molecule has 4 rings (SSSR count). The predicted molar refractivity (Wildman–Crippen MR) is 93.8 cm³/mol. The average Bonchev–Trinajstić information content (AvgIpc) is 2.89. The SMILES string of the molecule is Cc1n(-c2ccccc2)c2ccccc2[n+]1Cc1ccccc1. The highest BCUT2D eigenvalue weighted by atomic mass is 15.2. The second-order valence-corrected chi connectivity index (χ2v) is 5.78. The molecule has 0 saturated carbocycles. The van der Waals surface area contributed by atoms with E-state index in [-0.39, 0.29) is 0 Å². The van der Waals surface area contributed by atoms with E-state index < -0.39 is 0 Å². The molecular formula is C21H19N2+. The zero-order chi connectivity index (χ0) is 15.6. The molecule has 0 unspecified atom stereocenters. The molecule has 0 aliphatic heterocycles. The average molecular weight is 299 g/mol. The molecule has 0 aliphatic carbocycles. The Hall–Kier alpha value is -2.87. The largest absolute Gasteiger partial charge is 0.259 e. The van der Waals surface area contributed by atoms with Gasteiger partial charge < -0.3 is 0 Å². The fourth-order valence-corrected chi connectivity index (χ4v) is 3.22. The summed E-state index contributed by atoms with van der Waals surface area (Å²) in [5.41, 5.74) is 5.02. The van der Waals surface area contributed by atoms with E-state index >= 15 is 0 Å². The van der Waals surface area contributed by atoms with Crippen molar-refractivity contribution in [2.45, 2.75) is 13.5 Å². The van der Waals surface area contributed by atoms with Gasteiger partial charge in [0.1, 0.15) is 12.2 Å². The van der Waals surface area contributed by atoms with E-state index in [2.05, 4.69) is 101 Å². The number of hydrogen-bond donors (Lipinski definition) is 0. The van der Waals surface area contributed by atoms with Crippen LogP contribution in [0, 0.1) is 6.92 Å². The van der Waals surface area contributed by atoms with E-state index in [1.807, 2.05) is 0 Å². The highest BCUT2D eigenvalue weighted by Gasteiger charge is 2.22. The van der Waals surface area contributed by atoms with Gasteiger partial charge in [0.2, 0.25) is 0 Å². The van der Waals surface area contributed by atoms with Crippen LogP contribution in [0.3, 0.4) is 0 Å². The van der Waals surface area contributed by atoms with Crippen LogP contribution in [0.4, 0.5) is 0 Å². The lowest BCUT2D eigenvalue weighted by atomic mass is 10.2. The molecule has 23 heavy (non-hydrogen) atoms. The molecule has 1 heterocycles. The van der Waals surface area contributed by atoms with E-state index in [9.17, 15) is 0 Å². The monoisotopic (exact) mass is 299 g/mol. The second-order valence-electron chi connectivity index (χ2n) is 5.78. The molecule has 0 amide bonds. The van der Waals surface area contributed by atoms with Crippen LogP contribution in [-0.2, 0) is 6.54 Å². The summed E-state index contributed by atoms with van der Waals surface area (Å²) >= 11 is 0. The third-order valence-electron chi connectivity index (χ3n) is 4.33. The van der Waals surface area contributed by atoms with Crippen LogP contribution in [0.25, 0.3) is 16.7 Å². The van der Waals surface area contributed by atoms with Crippen molar-refractivity contribution in [3.63, 3.8) is 0 Å². The maximum atomic E-state index is 2.39. The Labute approximate surface area is 136 Å². The number of benzene rings is 3. The van der Waals surface area contributed by atoms with Crippen molar-refractivity contribution in [3.05, 3.63) is 96.3 Å². The van der Waals surface area contributed by atoms with Gasteiger partial charge in [0.15, 0.2) is 11.0 Å². The summed E-state index contributed by atoms with van der Waals surface area (Å²) in [6.07, 6.45) is 0. The Morgan fingerprint density at radius 3 is 2.09 bits per heavy atom. The van der Waals surface area contributed by atoms with Crippen LogP contribution < -0.4 is 4.57 Å². The lowest BCUT2D eigenvalue weighted by Crippen LogP contribution is -2.36. The molecule has 0 fully saturated rings. The van der Waals surface area contributed by atoms with Crippen molar-refractivity contribution in [1.82, 2.24) is 4.57 Å². The molecule has 0 radical (unpaired) electrons. The van der Waals surface area contributed by atoms with Crippen molar-refractivity contribution < 1.29 is 4.57 Å². The number of nitrogens with zero attached hydrogens (tertiary/aromatic N) is 2. The molecule has 2 heteroatoms. The van der Waals surface area contributed by atoms with Crippen LogP contribution >= 0.6 is 0 Å². The minimum atomic E-state index is 0.882. The zero-order valence-electron chi connectivity index (χ0n) is 13.2. The van der Waals surface area contributed by atoms with Crippen LogP contribution in [0.1, 0.15) is 11.4 Å². The molecule has 0 saturated heterocycles. The normalized spacial score (nSPS) is 11.0. The summed E-state index contributed by atoms with van der Waals surface area (Å²) in [4.78, 5) is 0. The number of rotatable bonds is 3. The number of fused-ring (bicyclic) bond motifs is 1. The fraction of sp³-hybridized carbons (Fsp3) is 0.0952. The molecule has 0 N–H and O–H groups in total. The third kappa shape index (κ3) is 2.42. The van der Waals surface area contributed by atoms with E-state index in [1.54, 1.807) is 0 Å². The van der Waals surface area contributed by atoms with E-state index in [4.69, 9.17) is 0 Å². The molecule has 0 atom stereocenters. The van der Waals surface area contributed by atoms with Crippen molar-refractivity contribution in [1.29, 1.82) is 0 Å². The minimum Gasteiger partial charge on any atom is -0.223 e. The molecule has 1 aromatic heterocycles. The Bertz CT molecular complexity index is 938. The Morgan fingerprint density at radius 1 is 0.739 bits per heavy atom. The number of para-hydroxylation sites is 3. The van der Waals surface area contributed by atoms with Gasteiger partial charge in [-0.3, -0.25) is 0 Å². The number of imidazole rings is 1. The summed E-state index contributed by atoms with van der Waals surface area (Å²) in [5, 5.41) is 0. The maximum Gasteiger partial charge on any atom is 0.259 e. The molecule has 3 aromatic carbocycles. The van der Waals surface area contributed by atoms with Crippen molar-refractivity contribution in [2.24, 2.45) is 0 Å². The Balaban J connectivity index is 1.94. The lowest BCUT2D eigenvalue weighted by Gasteiger charge is -2.02. The second kappa shape index (κ2) is 5.73. The molecular weight excluding hydrogens is 280 g/mol. The molecule has 0 aliphatic rings. The lowest BCUT2D eigenvalue weighted by molar-refractivity contribution is -0.669. The Kier molecular flexibility index (Phi) is 3.43.